The van der Waals surface area contributed by atoms with Crippen LogP contribution in [0.1, 0.15) is 30.4 Å². The van der Waals surface area contributed by atoms with E-state index in [-0.39, 0.29) is 5.89 Å². The van der Waals surface area contributed by atoms with Crippen molar-refractivity contribution in [3.63, 3.8) is 0 Å². The normalized spacial score (nSPS) is 11.5. The molecule has 5 heteroatoms. The molecule has 13 heavy (non-hydrogen) atoms. The van der Waals surface area contributed by atoms with E-state index in [1.54, 1.807) is 0 Å². The van der Waals surface area contributed by atoms with E-state index in [4.69, 9.17) is 4.42 Å². The summed E-state index contributed by atoms with van der Waals surface area (Å²) in [7, 11) is 1.26. The van der Waals surface area contributed by atoms with E-state index >= 15 is 0 Å². The molecular formula is C8H10N2O3. The largest absolute Gasteiger partial charge is 0.462 e. The van der Waals surface area contributed by atoms with Crippen molar-refractivity contribution >= 4 is 11.5 Å². The van der Waals surface area contributed by atoms with Gasteiger partial charge in [0.2, 0.25) is 5.89 Å². The molecule has 0 aliphatic carbocycles. The van der Waals surface area contributed by atoms with E-state index in [1.807, 2.05) is 19.9 Å². The van der Waals surface area contributed by atoms with Crippen LogP contribution < -0.4 is 0 Å². The van der Waals surface area contributed by atoms with Crippen LogP contribution in [-0.4, -0.2) is 23.3 Å². The van der Waals surface area contributed by atoms with Gasteiger partial charge in [0.15, 0.2) is 0 Å². The van der Waals surface area contributed by atoms with Gasteiger partial charge in [0.1, 0.15) is 0 Å². The number of esters is 1. The Bertz CT molecular complexity index is 341. The number of methoxy groups -OCH3 is 1. The van der Waals surface area contributed by atoms with Crippen LogP contribution in [0.3, 0.4) is 0 Å². The second kappa shape index (κ2) is 3.84. The molecule has 0 unspecified atom stereocenters. The molecule has 5 nitrogen and oxygen atoms in total. The molecular weight excluding hydrogens is 172 g/mol. The lowest BCUT2D eigenvalue weighted by atomic mass is 10.3. The van der Waals surface area contributed by atoms with E-state index < -0.39 is 5.97 Å². The summed E-state index contributed by atoms with van der Waals surface area (Å²) in [6.07, 6.45) is 1.81. The highest BCUT2D eigenvalue weighted by Crippen LogP contribution is 2.11. The summed E-state index contributed by atoms with van der Waals surface area (Å²) in [5.74, 6) is -0.413. The molecule has 1 aromatic heterocycles. The minimum absolute atomic E-state index is 0.126. The van der Waals surface area contributed by atoms with Gasteiger partial charge in [0.05, 0.1) is 7.11 Å². The SMILES string of the molecule is C/C=C(\C)c1nnc(C(=O)OC)o1. The molecule has 0 saturated heterocycles. The van der Waals surface area contributed by atoms with Crippen LogP contribution in [0, 0.1) is 0 Å². The van der Waals surface area contributed by atoms with E-state index in [1.165, 1.54) is 7.11 Å². The third-order valence-corrected chi connectivity index (χ3v) is 1.56. The standard InChI is InChI=1S/C8H10N2O3/c1-4-5(2)6-9-10-7(13-6)8(11)12-3/h4H,1-3H3/b5-4+. The lowest BCUT2D eigenvalue weighted by molar-refractivity contribution is 0.0555. The van der Waals surface area contributed by atoms with E-state index in [0.29, 0.717) is 5.89 Å². The topological polar surface area (TPSA) is 65.2 Å². The first-order valence-electron chi connectivity index (χ1n) is 3.74. The number of allylic oxidation sites excluding steroid dienone is 2. The summed E-state index contributed by atoms with van der Waals surface area (Å²) in [5.41, 5.74) is 0.822. The molecule has 0 atom stereocenters. The Morgan fingerprint density at radius 2 is 2.08 bits per heavy atom. The Morgan fingerprint density at radius 1 is 1.46 bits per heavy atom. The highest BCUT2D eigenvalue weighted by molar-refractivity contribution is 5.84. The van der Waals surface area contributed by atoms with E-state index in [9.17, 15) is 4.79 Å². The molecule has 1 rings (SSSR count). The van der Waals surface area contributed by atoms with Gasteiger partial charge in [-0.2, -0.15) is 0 Å². The quantitative estimate of drug-likeness (QED) is 0.644. The number of rotatable bonds is 2. The predicted octanol–water partition coefficient (Wildman–Crippen LogP) is 1.28. The smallest absolute Gasteiger partial charge is 0.396 e. The van der Waals surface area contributed by atoms with Gasteiger partial charge in [-0.25, -0.2) is 4.79 Å². The van der Waals surface area contributed by atoms with E-state index in [2.05, 4.69) is 14.9 Å². The summed E-state index contributed by atoms with van der Waals surface area (Å²) >= 11 is 0. The fourth-order valence-corrected chi connectivity index (χ4v) is 0.676. The van der Waals surface area contributed by atoms with Crippen molar-refractivity contribution in [1.29, 1.82) is 0 Å². The van der Waals surface area contributed by atoms with Crippen molar-refractivity contribution in [2.45, 2.75) is 13.8 Å². The second-order valence-corrected chi connectivity index (χ2v) is 2.38. The van der Waals surface area contributed by atoms with Gasteiger partial charge in [-0.1, -0.05) is 6.08 Å². The molecule has 0 fully saturated rings. The zero-order valence-corrected chi connectivity index (χ0v) is 7.70. The van der Waals surface area contributed by atoms with Gasteiger partial charge in [0, 0.05) is 5.57 Å². The average Bonchev–Trinajstić information content (AvgIpc) is 2.64. The van der Waals surface area contributed by atoms with Gasteiger partial charge < -0.3 is 9.15 Å². The fourth-order valence-electron chi connectivity index (χ4n) is 0.676. The zero-order chi connectivity index (χ0) is 9.84. The van der Waals surface area contributed by atoms with Crippen molar-refractivity contribution in [2.75, 3.05) is 7.11 Å². The highest BCUT2D eigenvalue weighted by Gasteiger charge is 2.14. The molecule has 0 spiro atoms. The zero-order valence-electron chi connectivity index (χ0n) is 7.70. The summed E-state index contributed by atoms with van der Waals surface area (Å²) < 4.78 is 9.43. The number of nitrogens with zero attached hydrogens (tertiary/aromatic N) is 2. The summed E-state index contributed by atoms with van der Waals surface area (Å²) in [6.45, 7) is 3.66. The van der Waals surface area contributed by atoms with Crippen LogP contribution in [0.4, 0.5) is 0 Å². The number of hydrogen-bond donors (Lipinski definition) is 0. The molecule has 0 aliphatic rings. The number of carbonyl (C=O) groups is 1. The lowest BCUT2D eigenvalue weighted by Crippen LogP contribution is -2.00. The van der Waals surface area contributed by atoms with Crippen molar-refractivity contribution in [2.24, 2.45) is 0 Å². The van der Waals surface area contributed by atoms with Gasteiger partial charge in [-0.05, 0) is 13.8 Å². The first kappa shape index (κ1) is 9.44. The molecule has 1 heterocycles. The van der Waals surface area contributed by atoms with Gasteiger partial charge >= 0.3 is 11.9 Å². The molecule has 0 bridgehead atoms. The van der Waals surface area contributed by atoms with Crippen molar-refractivity contribution in [1.82, 2.24) is 10.2 Å². The summed E-state index contributed by atoms with van der Waals surface area (Å²) in [4.78, 5) is 10.9. The monoisotopic (exact) mass is 182 g/mol. The molecule has 0 aliphatic heterocycles. The molecule has 1 aromatic rings. The molecule has 0 saturated carbocycles. The van der Waals surface area contributed by atoms with Crippen molar-refractivity contribution < 1.29 is 13.9 Å². The summed E-state index contributed by atoms with van der Waals surface area (Å²) in [6, 6.07) is 0. The van der Waals surface area contributed by atoms with Gasteiger partial charge in [0.25, 0.3) is 0 Å². The molecule has 0 N–H and O–H groups in total. The van der Waals surface area contributed by atoms with Crippen LogP contribution in [0.25, 0.3) is 5.57 Å². The molecule has 0 radical (unpaired) electrons. The maximum Gasteiger partial charge on any atom is 0.396 e. The highest BCUT2D eigenvalue weighted by atomic mass is 16.5. The van der Waals surface area contributed by atoms with Gasteiger partial charge in [-0.15, -0.1) is 10.2 Å². The van der Waals surface area contributed by atoms with Crippen LogP contribution in [0.5, 0.6) is 0 Å². The Balaban J connectivity index is 2.93. The average molecular weight is 182 g/mol. The minimum Gasteiger partial charge on any atom is -0.462 e. The Kier molecular flexibility index (Phi) is 2.79. The van der Waals surface area contributed by atoms with Crippen LogP contribution in [-0.2, 0) is 4.74 Å². The minimum atomic E-state index is -0.623. The van der Waals surface area contributed by atoms with Crippen LogP contribution in [0.2, 0.25) is 0 Å². The van der Waals surface area contributed by atoms with Crippen LogP contribution in [0.15, 0.2) is 10.5 Å². The number of ether oxygens (including phenoxy) is 1. The molecule has 0 amide bonds. The number of aromatic nitrogens is 2. The molecule has 0 aromatic carbocycles. The first-order chi connectivity index (χ1) is 6.19. The van der Waals surface area contributed by atoms with E-state index in [0.717, 1.165) is 5.57 Å². The van der Waals surface area contributed by atoms with Crippen molar-refractivity contribution in [3.05, 3.63) is 17.9 Å². The third kappa shape index (κ3) is 1.93. The van der Waals surface area contributed by atoms with Crippen LogP contribution >= 0.6 is 0 Å². The van der Waals surface area contributed by atoms with Gasteiger partial charge in [-0.3, -0.25) is 0 Å². The second-order valence-electron chi connectivity index (χ2n) is 2.38. The lowest BCUT2D eigenvalue weighted by Gasteiger charge is -1.90. The fraction of sp³-hybridized carbons (Fsp3) is 0.375. The number of carbonyl (C=O) groups excluding carboxylic acids is 1. The Hall–Kier alpha value is -1.65. The summed E-state index contributed by atoms with van der Waals surface area (Å²) in [5, 5.41) is 7.19. The Labute approximate surface area is 75.4 Å². The third-order valence-electron chi connectivity index (χ3n) is 1.56. The predicted molar refractivity (Wildman–Crippen MR) is 45.0 cm³/mol. The maximum absolute atomic E-state index is 10.9. The number of hydrogen-bond acceptors (Lipinski definition) is 5. The Morgan fingerprint density at radius 3 is 2.62 bits per heavy atom. The van der Waals surface area contributed by atoms with Crippen molar-refractivity contribution in [3.8, 4) is 0 Å². The molecule has 70 valence electrons. The first-order valence-corrected chi connectivity index (χ1v) is 3.74. The maximum atomic E-state index is 10.9.